The van der Waals surface area contributed by atoms with Crippen molar-refractivity contribution in [3.05, 3.63) is 0 Å². The van der Waals surface area contributed by atoms with Gasteiger partial charge in [-0.15, -0.1) is 0 Å². The van der Waals surface area contributed by atoms with Gasteiger partial charge in [0.2, 0.25) is 0 Å². The first-order valence-electron chi connectivity index (χ1n) is 42.3. The molecule has 0 amide bonds. The van der Waals surface area contributed by atoms with Crippen molar-refractivity contribution in [2.45, 2.75) is 446 Å². The van der Waals surface area contributed by atoms with E-state index in [1.807, 2.05) is 0 Å². The van der Waals surface area contributed by atoms with Crippen molar-refractivity contribution in [1.82, 2.24) is 0 Å². The van der Waals surface area contributed by atoms with Gasteiger partial charge in [0.25, 0.3) is 0 Å². The molecule has 0 aromatic carbocycles. The Bertz CT molecular complexity index is 1960. The van der Waals surface area contributed by atoms with Gasteiger partial charge in [-0.25, -0.2) is 9.13 Å². The Balaban J connectivity index is 5.24. The molecule has 0 saturated carbocycles. The van der Waals surface area contributed by atoms with E-state index < -0.39 is 97.5 Å². The Morgan fingerprint density at radius 2 is 0.455 bits per heavy atom. The van der Waals surface area contributed by atoms with E-state index >= 15 is 0 Å². The van der Waals surface area contributed by atoms with E-state index in [4.69, 9.17) is 37.0 Å². The van der Waals surface area contributed by atoms with Crippen molar-refractivity contribution < 1.29 is 80.2 Å². The fourth-order valence-corrected chi connectivity index (χ4v) is 14.2. The maximum absolute atomic E-state index is 13.1. The Hall–Kier alpha value is -1.94. The van der Waals surface area contributed by atoms with Gasteiger partial charge in [-0.1, -0.05) is 376 Å². The molecular weight excluding hydrogens is 1320 g/mol. The van der Waals surface area contributed by atoms with Gasteiger partial charge >= 0.3 is 39.5 Å². The second-order valence-corrected chi connectivity index (χ2v) is 33.8. The van der Waals surface area contributed by atoms with Crippen LogP contribution in [0.3, 0.4) is 0 Å². The SMILES string of the molecule is CCCCCCCCCCCCCCCC(=O)OC[C@H](COP(=O)(O)OC[C@H](O)COP(=O)(O)OC[C@@H](COC(=O)CCCCCCCCCCCCCC(C)C)OC(=O)CCCCCCCCCCCCCCCCCCCCC(C)C)OC(=O)CCCCCCCCCCCCC(C)C. The van der Waals surface area contributed by atoms with Crippen LogP contribution in [0.2, 0.25) is 0 Å². The molecule has 5 atom stereocenters. The van der Waals surface area contributed by atoms with Crippen molar-refractivity contribution in [2.75, 3.05) is 39.6 Å². The van der Waals surface area contributed by atoms with E-state index in [0.717, 1.165) is 108 Å². The highest BCUT2D eigenvalue weighted by molar-refractivity contribution is 7.47. The number of ether oxygens (including phenoxy) is 4. The first kappa shape index (κ1) is 99.1. The van der Waals surface area contributed by atoms with Crippen LogP contribution >= 0.6 is 15.6 Å². The number of hydrogen-bond acceptors (Lipinski definition) is 15. The number of carbonyl (C=O) groups excluding carboxylic acids is 4. The minimum atomic E-state index is -4.96. The van der Waals surface area contributed by atoms with E-state index in [1.54, 1.807) is 0 Å². The molecule has 0 aliphatic carbocycles. The molecule has 19 heteroatoms. The quantitative estimate of drug-likeness (QED) is 0.0222. The molecular formula is C82H160O17P2. The van der Waals surface area contributed by atoms with Crippen molar-refractivity contribution in [3.63, 3.8) is 0 Å². The monoisotopic (exact) mass is 1480 g/mol. The van der Waals surface area contributed by atoms with Gasteiger partial charge in [-0.2, -0.15) is 0 Å². The van der Waals surface area contributed by atoms with Crippen LogP contribution in [0.25, 0.3) is 0 Å². The number of esters is 4. The van der Waals surface area contributed by atoms with Crippen molar-refractivity contribution in [3.8, 4) is 0 Å². The van der Waals surface area contributed by atoms with Gasteiger partial charge in [0.15, 0.2) is 12.2 Å². The maximum Gasteiger partial charge on any atom is 0.472 e. The molecule has 0 heterocycles. The van der Waals surface area contributed by atoms with E-state index in [9.17, 15) is 43.2 Å². The fourth-order valence-electron chi connectivity index (χ4n) is 12.7. The molecule has 17 nitrogen and oxygen atoms in total. The Labute approximate surface area is 619 Å². The lowest BCUT2D eigenvalue weighted by molar-refractivity contribution is -0.161. The van der Waals surface area contributed by atoms with Crippen LogP contribution in [-0.2, 0) is 65.4 Å². The summed E-state index contributed by atoms with van der Waals surface area (Å²) in [6.07, 6.45) is 61.0. The number of phosphoric acid groups is 2. The third-order valence-corrected chi connectivity index (χ3v) is 21.0. The minimum absolute atomic E-state index is 0.106. The lowest BCUT2D eigenvalue weighted by Crippen LogP contribution is -2.30. The minimum Gasteiger partial charge on any atom is -0.462 e. The Morgan fingerprint density at radius 1 is 0.267 bits per heavy atom. The lowest BCUT2D eigenvalue weighted by Gasteiger charge is -2.21. The maximum atomic E-state index is 13.1. The summed E-state index contributed by atoms with van der Waals surface area (Å²) in [4.78, 5) is 73.1. The molecule has 0 spiro atoms. The van der Waals surface area contributed by atoms with Crippen LogP contribution in [0.5, 0.6) is 0 Å². The highest BCUT2D eigenvalue weighted by Gasteiger charge is 2.30. The summed E-state index contributed by atoms with van der Waals surface area (Å²) in [5, 5.41) is 10.6. The number of hydrogen-bond donors (Lipinski definition) is 3. The Morgan fingerprint density at radius 3 is 0.673 bits per heavy atom. The predicted octanol–water partition coefficient (Wildman–Crippen LogP) is 24.5. The van der Waals surface area contributed by atoms with Gasteiger partial charge in [0, 0.05) is 25.7 Å². The summed E-state index contributed by atoms with van der Waals surface area (Å²) < 4.78 is 68.8. The van der Waals surface area contributed by atoms with E-state index in [1.165, 1.54) is 238 Å². The van der Waals surface area contributed by atoms with Gasteiger partial charge in [0.05, 0.1) is 26.4 Å². The van der Waals surface area contributed by atoms with Crippen LogP contribution in [0, 0.1) is 17.8 Å². The van der Waals surface area contributed by atoms with E-state index in [-0.39, 0.29) is 25.7 Å². The van der Waals surface area contributed by atoms with Crippen LogP contribution in [0.4, 0.5) is 0 Å². The van der Waals surface area contributed by atoms with E-state index in [0.29, 0.717) is 25.7 Å². The number of rotatable bonds is 80. The second-order valence-electron chi connectivity index (χ2n) is 30.9. The third kappa shape index (κ3) is 76.1. The molecule has 0 aromatic rings. The van der Waals surface area contributed by atoms with E-state index in [2.05, 4.69) is 48.5 Å². The second kappa shape index (κ2) is 72.3. The normalized spacial score (nSPS) is 14.0. The number of unbranched alkanes of at least 4 members (excludes halogenated alkanes) is 48. The molecule has 0 rings (SSSR count). The number of aliphatic hydroxyl groups is 1. The smallest absolute Gasteiger partial charge is 0.462 e. The van der Waals surface area contributed by atoms with Crippen LogP contribution in [-0.4, -0.2) is 96.7 Å². The number of carbonyl (C=O) groups is 4. The topological polar surface area (TPSA) is 237 Å². The zero-order valence-corrected chi connectivity index (χ0v) is 68.2. The van der Waals surface area contributed by atoms with Crippen molar-refractivity contribution in [1.29, 1.82) is 0 Å². The molecule has 0 aliphatic rings. The Kier molecular flexibility index (Phi) is 70.9. The standard InChI is InChI=1S/C82H160O17P2/c1-8-9-10-11-12-13-14-21-27-35-42-49-56-63-79(84)92-70-78(99-82(87)66-59-52-45-38-31-30-34-41-48-55-62-75(6)7)72-97-101(90,91)95-68-76(83)67-94-100(88,89)96-71-77(69-93-80(85)64-57-50-43-36-29-24-26-33-40-47-54-61-74(4)5)98-81(86)65-58-51-44-37-28-23-20-18-16-15-17-19-22-25-32-39-46-53-60-73(2)3/h73-78,83H,8-72H2,1-7H3,(H,88,89)(H,90,91)/t76-,77-,78-/m1/s1. The highest BCUT2D eigenvalue weighted by atomic mass is 31.2. The van der Waals surface area contributed by atoms with Crippen LogP contribution < -0.4 is 0 Å². The van der Waals surface area contributed by atoms with Gasteiger partial charge in [-0.3, -0.25) is 37.3 Å². The molecule has 0 fully saturated rings. The van der Waals surface area contributed by atoms with Crippen molar-refractivity contribution >= 4 is 39.5 Å². The molecule has 0 aromatic heterocycles. The molecule has 0 aliphatic heterocycles. The summed E-state index contributed by atoms with van der Waals surface area (Å²) in [5.41, 5.74) is 0. The summed E-state index contributed by atoms with van der Waals surface area (Å²) >= 11 is 0. The lowest BCUT2D eigenvalue weighted by atomic mass is 10.0. The van der Waals surface area contributed by atoms with Crippen molar-refractivity contribution in [2.24, 2.45) is 17.8 Å². The number of phosphoric ester groups is 2. The summed E-state index contributed by atoms with van der Waals surface area (Å²) in [6, 6.07) is 0. The van der Waals surface area contributed by atoms with Gasteiger partial charge in [-0.05, 0) is 43.4 Å². The van der Waals surface area contributed by atoms with Crippen LogP contribution in [0.15, 0.2) is 0 Å². The summed E-state index contributed by atoms with van der Waals surface area (Å²) in [5.74, 6) is 0.235. The van der Waals surface area contributed by atoms with Crippen LogP contribution in [0.1, 0.15) is 427 Å². The average molecular weight is 1480 g/mol. The molecule has 0 bridgehead atoms. The average Bonchev–Trinajstić information content (AvgIpc) is 0.931. The first-order valence-corrected chi connectivity index (χ1v) is 45.3. The van der Waals surface area contributed by atoms with Gasteiger partial charge in [0.1, 0.15) is 19.3 Å². The zero-order chi connectivity index (χ0) is 74.4. The largest absolute Gasteiger partial charge is 0.472 e. The molecule has 2 unspecified atom stereocenters. The molecule has 101 heavy (non-hydrogen) atoms. The predicted molar refractivity (Wildman–Crippen MR) is 414 cm³/mol. The molecule has 600 valence electrons. The third-order valence-electron chi connectivity index (χ3n) is 19.1. The molecule has 0 radical (unpaired) electrons. The fraction of sp³-hybridized carbons (Fsp3) is 0.951. The summed E-state index contributed by atoms with van der Waals surface area (Å²) in [7, 11) is -9.92. The zero-order valence-electron chi connectivity index (χ0n) is 66.4. The summed E-state index contributed by atoms with van der Waals surface area (Å²) in [6.45, 7) is 12.0. The van der Waals surface area contributed by atoms with Gasteiger partial charge < -0.3 is 33.8 Å². The number of aliphatic hydroxyl groups excluding tert-OH is 1. The molecule has 3 N–H and O–H groups in total. The first-order chi connectivity index (χ1) is 48.7. The molecule has 0 saturated heterocycles. The highest BCUT2D eigenvalue weighted by Crippen LogP contribution is 2.45.